The van der Waals surface area contributed by atoms with Crippen LogP contribution in [0.4, 0.5) is 0 Å². The molecule has 0 amide bonds. The van der Waals surface area contributed by atoms with E-state index in [0.29, 0.717) is 6.42 Å². The summed E-state index contributed by atoms with van der Waals surface area (Å²) in [5.74, 6) is -2.70. The average molecular weight is 306 g/mol. The maximum atomic E-state index is 9.60. The van der Waals surface area contributed by atoms with E-state index in [1.165, 1.54) is 13.8 Å². The Morgan fingerprint density at radius 1 is 0.905 bits per heavy atom. The third-order valence-electron chi connectivity index (χ3n) is 2.10. The fourth-order valence-electron chi connectivity index (χ4n) is 0.683. The first-order valence-corrected chi connectivity index (χ1v) is 5.96. The normalized spacial score (nSPS) is 9.43. The number of rotatable bonds is 6. The Bertz CT molecular complexity index is 278. The molecule has 124 valence electrons. The summed E-state index contributed by atoms with van der Waals surface area (Å²) in [6.07, 6.45) is 0.677. The number of carboxylic acid groups (broad SMARTS) is 2. The Balaban J connectivity index is -0.000000240. The van der Waals surface area contributed by atoms with Gasteiger partial charge in [-0.1, -0.05) is 20.1 Å². The van der Waals surface area contributed by atoms with Crippen LogP contribution in [0, 0.1) is 0 Å². The first-order valence-electron chi connectivity index (χ1n) is 5.96. The summed E-state index contributed by atoms with van der Waals surface area (Å²) < 4.78 is 14.8. The third-order valence-corrected chi connectivity index (χ3v) is 2.10. The van der Waals surface area contributed by atoms with Gasteiger partial charge in [-0.15, -0.1) is 0 Å². The summed E-state index contributed by atoms with van der Waals surface area (Å²) >= 11 is 0. The van der Waals surface area contributed by atoms with Crippen molar-refractivity contribution in [3.05, 3.63) is 24.3 Å². The van der Waals surface area contributed by atoms with Gasteiger partial charge in [0.05, 0.1) is 0 Å². The maximum absolute atomic E-state index is 9.60. The molecule has 0 heterocycles. The number of carboxylic acids is 2. The van der Waals surface area contributed by atoms with E-state index in [9.17, 15) is 9.59 Å². The van der Waals surface area contributed by atoms with Gasteiger partial charge in [0.25, 0.3) is 5.97 Å². The molecule has 0 atom stereocenters. The summed E-state index contributed by atoms with van der Waals surface area (Å²) in [7, 11) is 4.66. The van der Waals surface area contributed by atoms with Crippen LogP contribution >= 0.6 is 0 Å². The Kier molecular flexibility index (Phi) is 15.4. The number of methoxy groups -OCH3 is 3. The molecular weight excluding hydrogens is 280 g/mol. The highest BCUT2D eigenvalue weighted by atomic mass is 16.9. The van der Waals surface area contributed by atoms with Crippen molar-refractivity contribution in [2.75, 3.05) is 21.3 Å². The van der Waals surface area contributed by atoms with Gasteiger partial charge in [0.15, 0.2) is 0 Å². The van der Waals surface area contributed by atoms with E-state index >= 15 is 0 Å². The Labute approximate surface area is 125 Å². The third kappa shape index (κ3) is 14.5. The van der Waals surface area contributed by atoms with Gasteiger partial charge in [0, 0.05) is 38.9 Å². The zero-order valence-corrected chi connectivity index (χ0v) is 13.6. The Hall–Kier alpha value is -1.70. The molecule has 0 spiro atoms. The quantitative estimate of drug-likeness (QED) is 0.573. The van der Waals surface area contributed by atoms with Crippen molar-refractivity contribution in [3.8, 4) is 0 Å². The second-order valence-electron chi connectivity index (χ2n) is 3.82. The van der Waals surface area contributed by atoms with Crippen LogP contribution in [0.25, 0.3) is 0 Å². The van der Waals surface area contributed by atoms with Crippen LogP contribution in [0.15, 0.2) is 24.3 Å². The van der Waals surface area contributed by atoms with Crippen LogP contribution in [0.5, 0.6) is 0 Å². The summed E-state index contributed by atoms with van der Waals surface area (Å²) in [6, 6.07) is 0. The molecule has 0 aromatic heterocycles. The monoisotopic (exact) mass is 306 g/mol. The van der Waals surface area contributed by atoms with Gasteiger partial charge in [-0.25, -0.2) is 9.59 Å². The lowest BCUT2D eigenvalue weighted by Gasteiger charge is -2.26. The van der Waals surface area contributed by atoms with E-state index < -0.39 is 17.9 Å². The zero-order valence-electron chi connectivity index (χ0n) is 13.6. The summed E-state index contributed by atoms with van der Waals surface area (Å²) in [4.78, 5) is 19.2. The topological polar surface area (TPSA) is 102 Å². The molecule has 0 bridgehead atoms. The zero-order chi connectivity index (χ0) is 17.6. The molecule has 0 rings (SSSR count). The highest BCUT2D eigenvalue weighted by molar-refractivity contribution is 5.85. The molecule has 0 aliphatic carbocycles. The lowest BCUT2D eigenvalue weighted by Crippen LogP contribution is -2.34. The molecule has 21 heavy (non-hydrogen) atoms. The maximum Gasteiger partial charge on any atom is 0.330 e. The second kappa shape index (κ2) is 13.3. The number of hydrogen-bond acceptors (Lipinski definition) is 5. The minimum Gasteiger partial charge on any atom is -0.478 e. The lowest BCUT2D eigenvalue weighted by molar-refractivity contribution is -0.352. The first-order chi connectivity index (χ1) is 9.53. The number of carbonyl (C=O) groups is 2. The van der Waals surface area contributed by atoms with E-state index in [1.807, 2.05) is 6.92 Å². The van der Waals surface area contributed by atoms with Crippen molar-refractivity contribution in [1.82, 2.24) is 0 Å². The number of hydrogen-bond donors (Lipinski definition) is 2. The van der Waals surface area contributed by atoms with Gasteiger partial charge in [-0.3, -0.25) is 0 Å². The van der Waals surface area contributed by atoms with Crippen LogP contribution in [0.3, 0.4) is 0 Å². The highest BCUT2D eigenvalue weighted by Crippen LogP contribution is 2.15. The lowest BCUT2D eigenvalue weighted by atomic mass is 10.4. The standard InChI is InChI=1S/C6H14O3.2C4H6O2/c1-5-6(7-2,8-3)9-4;2*1-3(2)4(5)6/h5H2,1-4H3;2*1H2,2H3,(H,5,6). The van der Waals surface area contributed by atoms with Crippen molar-refractivity contribution in [2.24, 2.45) is 0 Å². The van der Waals surface area contributed by atoms with E-state index in [1.54, 1.807) is 21.3 Å². The largest absolute Gasteiger partial charge is 0.478 e. The van der Waals surface area contributed by atoms with Crippen LogP contribution < -0.4 is 0 Å². The molecule has 0 radical (unpaired) electrons. The molecule has 7 nitrogen and oxygen atoms in total. The molecule has 2 N–H and O–H groups in total. The van der Waals surface area contributed by atoms with Gasteiger partial charge in [-0.05, 0) is 13.8 Å². The average Bonchev–Trinajstić information content (AvgIpc) is 2.43. The molecule has 7 heteroatoms. The fraction of sp³-hybridized carbons (Fsp3) is 0.571. The van der Waals surface area contributed by atoms with E-state index in [4.69, 9.17) is 24.4 Å². The molecule has 0 aromatic rings. The van der Waals surface area contributed by atoms with Crippen molar-refractivity contribution < 1.29 is 34.0 Å². The van der Waals surface area contributed by atoms with Crippen LogP contribution in [0.1, 0.15) is 27.2 Å². The predicted molar refractivity (Wildman–Crippen MR) is 78.9 cm³/mol. The van der Waals surface area contributed by atoms with Gasteiger partial charge < -0.3 is 24.4 Å². The molecule has 0 aliphatic rings. The van der Waals surface area contributed by atoms with Gasteiger partial charge in [-0.2, -0.15) is 0 Å². The highest BCUT2D eigenvalue weighted by Gasteiger charge is 2.25. The minimum absolute atomic E-state index is 0.176. The first kappa shape index (κ1) is 24.3. The number of aliphatic carboxylic acids is 2. The van der Waals surface area contributed by atoms with Crippen molar-refractivity contribution in [2.45, 2.75) is 33.2 Å². The minimum atomic E-state index is -0.935. The molecule has 0 unspecified atom stereocenters. The summed E-state index contributed by atoms with van der Waals surface area (Å²) in [6.45, 7) is 11.1. The van der Waals surface area contributed by atoms with E-state index in [2.05, 4.69) is 13.2 Å². The van der Waals surface area contributed by atoms with Crippen molar-refractivity contribution in [1.29, 1.82) is 0 Å². The smallest absolute Gasteiger partial charge is 0.330 e. The van der Waals surface area contributed by atoms with Crippen LogP contribution in [-0.2, 0) is 23.8 Å². The SMILES string of the molecule is C=C(C)C(=O)O.C=C(C)C(=O)O.CCC(OC)(OC)OC. The summed E-state index contributed by atoms with van der Waals surface area (Å²) in [5.41, 5.74) is 0.352. The Morgan fingerprint density at radius 2 is 1.10 bits per heavy atom. The second-order valence-corrected chi connectivity index (χ2v) is 3.82. The van der Waals surface area contributed by atoms with Gasteiger partial charge in [0.2, 0.25) is 0 Å². The van der Waals surface area contributed by atoms with Crippen LogP contribution in [-0.4, -0.2) is 49.5 Å². The molecular formula is C14H26O7. The molecule has 0 fully saturated rings. The van der Waals surface area contributed by atoms with Gasteiger partial charge in [0.1, 0.15) is 0 Å². The summed E-state index contributed by atoms with van der Waals surface area (Å²) in [5, 5.41) is 15.8. The molecule has 0 saturated carbocycles. The molecule has 0 aliphatic heterocycles. The fourth-order valence-corrected chi connectivity index (χ4v) is 0.683. The Morgan fingerprint density at radius 3 is 1.10 bits per heavy atom. The van der Waals surface area contributed by atoms with Crippen molar-refractivity contribution in [3.63, 3.8) is 0 Å². The van der Waals surface area contributed by atoms with E-state index in [-0.39, 0.29) is 11.1 Å². The molecule has 0 saturated heterocycles. The van der Waals surface area contributed by atoms with Gasteiger partial charge >= 0.3 is 11.9 Å². The predicted octanol–water partition coefficient (Wildman–Crippen LogP) is 2.28. The van der Waals surface area contributed by atoms with E-state index in [0.717, 1.165) is 0 Å². The number of ether oxygens (including phenoxy) is 3. The van der Waals surface area contributed by atoms with Crippen molar-refractivity contribution >= 4 is 11.9 Å². The van der Waals surface area contributed by atoms with Crippen LogP contribution in [0.2, 0.25) is 0 Å². The molecule has 0 aromatic carbocycles.